The van der Waals surface area contributed by atoms with Gasteiger partial charge in [-0.15, -0.1) is 12.4 Å². The Bertz CT molecular complexity index is 848. The van der Waals surface area contributed by atoms with Crippen molar-refractivity contribution in [3.8, 4) is 0 Å². The van der Waals surface area contributed by atoms with Crippen molar-refractivity contribution >= 4 is 45.6 Å². The van der Waals surface area contributed by atoms with Gasteiger partial charge in [-0.25, -0.2) is 5.14 Å². The highest BCUT2D eigenvalue weighted by molar-refractivity contribution is 7.90. The van der Waals surface area contributed by atoms with Crippen LogP contribution in [0.4, 0.5) is 17.1 Å². The monoisotopic (exact) mass is 432 g/mol. The second-order valence-electron chi connectivity index (χ2n) is 8.27. The Labute approximate surface area is 175 Å². The van der Waals surface area contributed by atoms with E-state index in [1.807, 2.05) is 34.6 Å². The molecule has 1 aromatic rings. The van der Waals surface area contributed by atoms with Crippen LogP contribution < -0.4 is 20.1 Å². The van der Waals surface area contributed by atoms with E-state index in [1.54, 1.807) is 0 Å². The van der Waals surface area contributed by atoms with Crippen molar-refractivity contribution in [3.05, 3.63) is 16.7 Å². The Hall–Kier alpha value is -1.51. The minimum absolute atomic E-state index is 0. The largest absolute Gasteiger partial charge is 0.369 e. The third-order valence-electron chi connectivity index (χ3n) is 4.99. The molecular weight excluding hydrogens is 400 g/mol. The number of amides is 1. The van der Waals surface area contributed by atoms with Gasteiger partial charge in [-0.3, -0.25) is 9.52 Å². The fourth-order valence-electron chi connectivity index (χ4n) is 3.40. The summed E-state index contributed by atoms with van der Waals surface area (Å²) in [5.74, 6) is -0.111. The second-order valence-corrected chi connectivity index (χ2v) is 9.56. The first-order valence-corrected chi connectivity index (χ1v) is 10.9. The highest BCUT2D eigenvalue weighted by Gasteiger charge is 2.31. The fraction of sp³-hybridized carbons (Fsp3) is 0.632. The zero-order chi connectivity index (χ0) is 20.6. The van der Waals surface area contributed by atoms with Crippen LogP contribution in [0.3, 0.4) is 0 Å². The SMILES string of the molecule is CCCCN1CCc2c(C)c(NS(N)(=O)=O)c(C)c(NC(=O)C(C)(C)C)c21.Cl. The maximum atomic E-state index is 12.7. The van der Waals surface area contributed by atoms with Gasteiger partial charge in [0.15, 0.2) is 0 Å². The summed E-state index contributed by atoms with van der Waals surface area (Å²) in [7, 11) is -3.92. The number of unbranched alkanes of at least 4 members (excludes halogenated alkanes) is 1. The molecule has 0 unspecified atom stereocenters. The molecule has 9 heteroatoms. The molecule has 0 fully saturated rings. The van der Waals surface area contributed by atoms with E-state index in [9.17, 15) is 13.2 Å². The number of fused-ring (bicyclic) bond motifs is 1. The number of hydrogen-bond donors (Lipinski definition) is 3. The number of anilines is 3. The molecule has 1 aliphatic rings. The zero-order valence-corrected chi connectivity index (χ0v) is 19.2. The number of carbonyl (C=O) groups excluding carboxylic acids is 1. The molecule has 0 aliphatic carbocycles. The number of nitrogens with zero attached hydrogens (tertiary/aromatic N) is 1. The third-order valence-corrected chi connectivity index (χ3v) is 5.48. The molecule has 0 saturated carbocycles. The first-order chi connectivity index (χ1) is 12.4. The number of carbonyl (C=O) groups is 1. The standard InChI is InChI=1S/C19H32N4O3S.ClH/c1-7-8-10-23-11-9-14-12(2)15(22-27(20,25)26)13(3)16(17(14)23)21-18(24)19(4,5)6;/h22H,7-11H2,1-6H3,(H,21,24)(H2,20,25,26);1H. The lowest BCUT2D eigenvalue weighted by Crippen LogP contribution is -2.30. The van der Waals surface area contributed by atoms with E-state index < -0.39 is 15.6 Å². The van der Waals surface area contributed by atoms with Crippen LogP contribution in [0, 0.1) is 19.3 Å². The van der Waals surface area contributed by atoms with E-state index >= 15 is 0 Å². The van der Waals surface area contributed by atoms with Crippen molar-refractivity contribution in [2.75, 3.05) is 28.0 Å². The number of nitrogens with two attached hydrogens (primary N) is 1. The lowest BCUT2D eigenvalue weighted by Gasteiger charge is -2.28. The van der Waals surface area contributed by atoms with Crippen LogP contribution in [0.1, 0.15) is 57.2 Å². The minimum atomic E-state index is -3.92. The van der Waals surface area contributed by atoms with Crippen LogP contribution in [0.5, 0.6) is 0 Å². The van der Waals surface area contributed by atoms with E-state index in [0.717, 1.165) is 49.2 Å². The second kappa shape index (κ2) is 8.88. The number of rotatable bonds is 6. The molecule has 1 heterocycles. The molecule has 0 spiro atoms. The molecular formula is C19H33ClN4O3S. The molecule has 4 N–H and O–H groups in total. The molecule has 0 aromatic heterocycles. The molecule has 0 atom stereocenters. The van der Waals surface area contributed by atoms with Crippen molar-refractivity contribution in [2.45, 2.75) is 60.8 Å². The summed E-state index contributed by atoms with van der Waals surface area (Å²) in [6.07, 6.45) is 2.95. The van der Waals surface area contributed by atoms with E-state index in [1.165, 1.54) is 0 Å². The van der Waals surface area contributed by atoms with Crippen LogP contribution in [0.25, 0.3) is 0 Å². The molecule has 0 radical (unpaired) electrons. The van der Waals surface area contributed by atoms with Gasteiger partial charge in [-0.2, -0.15) is 8.42 Å². The number of hydrogen-bond acceptors (Lipinski definition) is 4. The maximum absolute atomic E-state index is 12.7. The Morgan fingerprint density at radius 2 is 1.79 bits per heavy atom. The average Bonchev–Trinajstić information content (AvgIpc) is 2.95. The smallest absolute Gasteiger partial charge is 0.296 e. The van der Waals surface area contributed by atoms with Gasteiger partial charge < -0.3 is 10.2 Å². The molecule has 2 rings (SSSR count). The van der Waals surface area contributed by atoms with Gasteiger partial charge >= 0.3 is 0 Å². The van der Waals surface area contributed by atoms with Crippen LogP contribution in [0.2, 0.25) is 0 Å². The van der Waals surface area contributed by atoms with Gasteiger partial charge in [0.2, 0.25) is 5.91 Å². The quantitative estimate of drug-likeness (QED) is 0.639. The average molecular weight is 433 g/mol. The summed E-state index contributed by atoms with van der Waals surface area (Å²) in [6, 6.07) is 0. The first-order valence-electron chi connectivity index (χ1n) is 9.39. The van der Waals surface area contributed by atoms with Crippen LogP contribution >= 0.6 is 12.4 Å². The summed E-state index contributed by atoms with van der Waals surface area (Å²) in [5.41, 5.74) is 4.19. The van der Waals surface area contributed by atoms with Crippen molar-refractivity contribution in [1.82, 2.24) is 0 Å². The lowest BCUT2D eigenvalue weighted by molar-refractivity contribution is -0.123. The van der Waals surface area contributed by atoms with E-state index in [-0.39, 0.29) is 18.3 Å². The Balaban J connectivity index is 0.00000392. The van der Waals surface area contributed by atoms with Gasteiger partial charge in [0.1, 0.15) is 0 Å². The molecule has 7 nitrogen and oxygen atoms in total. The van der Waals surface area contributed by atoms with E-state index in [2.05, 4.69) is 21.9 Å². The number of halogens is 1. The molecule has 0 saturated heterocycles. The van der Waals surface area contributed by atoms with Gasteiger partial charge in [0.25, 0.3) is 10.2 Å². The lowest BCUT2D eigenvalue weighted by atomic mass is 9.94. The van der Waals surface area contributed by atoms with E-state index in [0.29, 0.717) is 16.9 Å². The maximum Gasteiger partial charge on any atom is 0.296 e. The van der Waals surface area contributed by atoms with Gasteiger partial charge in [0.05, 0.1) is 17.1 Å². The zero-order valence-electron chi connectivity index (χ0n) is 17.6. The molecule has 1 amide bonds. The Morgan fingerprint density at radius 3 is 2.29 bits per heavy atom. The van der Waals surface area contributed by atoms with Gasteiger partial charge in [-0.1, -0.05) is 34.1 Å². The van der Waals surface area contributed by atoms with Crippen molar-refractivity contribution in [1.29, 1.82) is 0 Å². The molecule has 0 bridgehead atoms. The minimum Gasteiger partial charge on any atom is -0.369 e. The number of nitrogens with one attached hydrogen (secondary N) is 2. The summed E-state index contributed by atoms with van der Waals surface area (Å²) >= 11 is 0. The summed E-state index contributed by atoms with van der Waals surface area (Å²) in [4.78, 5) is 15.0. The van der Waals surface area contributed by atoms with Gasteiger partial charge in [0, 0.05) is 18.5 Å². The summed E-state index contributed by atoms with van der Waals surface area (Å²) < 4.78 is 25.8. The van der Waals surface area contributed by atoms with E-state index in [4.69, 9.17) is 5.14 Å². The number of benzene rings is 1. The molecule has 1 aromatic carbocycles. The van der Waals surface area contributed by atoms with Crippen molar-refractivity contribution in [2.24, 2.45) is 10.6 Å². The fourth-order valence-corrected chi connectivity index (χ4v) is 3.99. The highest BCUT2D eigenvalue weighted by atomic mass is 35.5. The third kappa shape index (κ3) is 5.30. The van der Waals surface area contributed by atoms with Crippen LogP contribution in [0.15, 0.2) is 0 Å². The highest BCUT2D eigenvalue weighted by Crippen LogP contribution is 2.45. The first kappa shape index (κ1) is 24.5. The Morgan fingerprint density at radius 1 is 1.18 bits per heavy atom. The summed E-state index contributed by atoms with van der Waals surface area (Å²) in [5, 5.41) is 8.28. The normalized spacial score (nSPS) is 13.8. The Kier molecular flexibility index (Phi) is 7.78. The predicted octanol–water partition coefficient (Wildman–Crippen LogP) is 3.49. The van der Waals surface area contributed by atoms with Crippen LogP contribution in [-0.2, 0) is 21.4 Å². The molecule has 28 heavy (non-hydrogen) atoms. The van der Waals surface area contributed by atoms with Gasteiger partial charge in [-0.05, 0) is 43.4 Å². The molecule has 1 aliphatic heterocycles. The van der Waals surface area contributed by atoms with Crippen molar-refractivity contribution in [3.63, 3.8) is 0 Å². The molecule has 160 valence electrons. The van der Waals surface area contributed by atoms with Crippen LogP contribution in [-0.4, -0.2) is 27.4 Å². The predicted molar refractivity (Wildman–Crippen MR) is 119 cm³/mol. The van der Waals surface area contributed by atoms with Crippen molar-refractivity contribution < 1.29 is 13.2 Å². The topological polar surface area (TPSA) is 105 Å². The summed E-state index contributed by atoms with van der Waals surface area (Å²) in [6.45, 7) is 13.2.